The second kappa shape index (κ2) is 8.94. The monoisotopic (exact) mass is 457 g/mol. The van der Waals surface area contributed by atoms with Gasteiger partial charge in [-0.15, -0.1) is 13.2 Å². The lowest BCUT2D eigenvalue weighted by molar-refractivity contribution is -0.274. The molecule has 0 radical (unpaired) electrons. The molecule has 0 saturated heterocycles. The molecule has 5 nitrogen and oxygen atoms in total. The van der Waals surface area contributed by atoms with Crippen LogP contribution in [-0.2, 0) is 6.54 Å². The second-order valence-electron chi connectivity index (χ2n) is 8.63. The second-order valence-corrected chi connectivity index (χ2v) is 8.63. The number of rotatable bonds is 6. The number of benzene rings is 2. The molecule has 0 aliphatic carbocycles. The number of nitrogens with two attached hydrogens (primary N) is 1. The molecule has 1 aliphatic rings. The maximum absolute atomic E-state index is 12.8. The van der Waals surface area contributed by atoms with Gasteiger partial charge in [-0.2, -0.15) is 0 Å². The summed E-state index contributed by atoms with van der Waals surface area (Å²) in [5.41, 5.74) is 10.1. The van der Waals surface area contributed by atoms with Gasteiger partial charge in [0.25, 0.3) is 5.91 Å². The fourth-order valence-corrected chi connectivity index (χ4v) is 4.38. The van der Waals surface area contributed by atoms with Crippen LogP contribution >= 0.6 is 0 Å². The number of alkyl halides is 3. The summed E-state index contributed by atoms with van der Waals surface area (Å²) in [6.07, 6.45) is -3.95. The summed E-state index contributed by atoms with van der Waals surface area (Å²) in [6.45, 7) is 5.13. The molecule has 0 saturated carbocycles. The van der Waals surface area contributed by atoms with Crippen LogP contribution in [0.25, 0.3) is 22.4 Å². The lowest BCUT2D eigenvalue weighted by Gasteiger charge is -2.30. The molecule has 0 bridgehead atoms. The van der Waals surface area contributed by atoms with Crippen molar-refractivity contribution in [2.75, 3.05) is 6.54 Å². The van der Waals surface area contributed by atoms with E-state index in [0.717, 1.165) is 23.2 Å². The molecule has 1 amide bonds. The summed E-state index contributed by atoms with van der Waals surface area (Å²) in [4.78, 5) is 12.8. The first kappa shape index (κ1) is 22.9. The first-order chi connectivity index (χ1) is 15.7. The molecule has 174 valence electrons. The molecular weight excluding hydrogens is 431 g/mol. The lowest BCUT2D eigenvalue weighted by Crippen LogP contribution is -2.39. The van der Waals surface area contributed by atoms with Crippen molar-refractivity contribution < 1.29 is 22.7 Å². The predicted octanol–water partition coefficient (Wildman–Crippen LogP) is 5.51. The molecule has 3 N–H and O–H groups in total. The van der Waals surface area contributed by atoms with Crippen molar-refractivity contribution in [2.45, 2.75) is 39.2 Å². The van der Waals surface area contributed by atoms with E-state index in [4.69, 9.17) is 5.73 Å². The fraction of sp³-hybridized carbons (Fsp3) is 0.320. The zero-order valence-electron chi connectivity index (χ0n) is 18.4. The van der Waals surface area contributed by atoms with Crippen molar-refractivity contribution in [3.8, 4) is 28.1 Å². The minimum atomic E-state index is -4.79. The van der Waals surface area contributed by atoms with Gasteiger partial charge in [-0.3, -0.25) is 4.79 Å². The van der Waals surface area contributed by atoms with Crippen LogP contribution in [-0.4, -0.2) is 23.4 Å². The zero-order valence-corrected chi connectivity index (χ0v) is 18.4. The van der Waals surface area contributed by atoms with E-state index >= 15 is 0 Å². The highest BCUT2D eigenvalue weighted by Gasteiger charge is 2.33. The molecule has 1 aromatic heterocycles. The zero-order chi connectivity index (χ0) is 23.8. The van der Waals surface area contributed by atoms with Gasteiger partial charge in [-0.05, 0) is 47.2 Å². The highest BCUT2D eigenvalue weighted by molar-refractivity contribution is 5.98. The van der Waals surface area contributed by atoms with E-state index in [1.165, 1.54) is 18.2 Å². The standard InChI is InChI=1S/C25H26F3N3O2/c1-15(2)10-19-14-30-24(32)22-12-21(18-4-3-5-20(11-18)33-25(26,27)28)23(31(19)22)17-8-6-16(13-29)7-9-17/h3-9,11-12,15,19H,10,13-14,29H2,1-2H3,(H,30,32). The Labute approximate surface area is 190 Å². The van der Waals surface area contributed by atoms with Crippen LogP contribution in [0, 0.1) is 5.92 Å². The van der Waals surface area contributed by atoms with Crippen LogP contribution in [0.15, 0.2) is 54.6 Å². The fourth-order valence-electron chi connectivity index (χ4n) is 4.38. The average molecular weight is 457 g/mol. The Morgan fingerprint density at radius 3 is 2.48 bits per heavy atom. The number of hydrogen-bond donors (Lipinski definition) is 2. The Hall–Kier alpha value is -3.26. The first-order valence-electron chi connectivity index (χ1n) is 10.8. The van der Waals surface area contributed by atoms with Crippen molar-refractivity contribution in [3.63, 3.8) is 0 Å². The van der Waals surface area contributed by atoms with Crippen molar-refractivity contribution in [1.82, 2.24) is 9.88 Å². The number of aromatic nitrogens is 1. The van der Waals surface area contributed by atoms with Gasteiger partial charge in [0.2, 0.25) is 0 Å². The number of halogens is 3. The van der Waals surface area contributed by atoms with Crippen LogP contribution in [0.3, 0.4) is 0 Å². The summed E-state index contributed by atoms with van der Waals surface area (Å²) < 4.78 is 44.6. The highest BCUT2D eigenvalue weighted by atomic mass is 19.4. The smallest absolute Gasteiger partial charge is 0.406 e. The SMILES string of the molecule is CC(C)CC1CNC(=O)c2cc(-c3cccc(OC(F)(F)F)c3)c(-c3ccc(CN)cc3)n21. The lowest BCUT2D eigenvalue weighted by atomic mass is 9.98. The molecule has 0 fully saturated rings. The molecule has 0 spiro atoms. The Balaban J connectivity index is 1.92. The van der Waals surface area contributed by atoms with Crippen LogP contribution in [0.4, 0.5) is 13.2 Å². The van der Waals surface area contributed by atoms with E-state index in [0.29, 0.717) is 35.8 Å². The highest BCUT2D eigenvalue weighted by Crippen LogP contribution is 2.41. The molecule has 1 atom stereocenters. The van der Waals surface area contributed by atoms with E-state index in [9.17, 15) is 18.0 Å². The summed E-state index contributed by atoms with van der Waals surface area (Å²) in [5.74, 6) is -0.125. The van der Waals surface area contributed by atoms with E-state index in [1.54, 1.807) is 12.1 Å². The molecule has 3 aromatic rings. The Bertz CT molecular complexity index is 1150. The number of carbonyl (C=O) groups is 1. The number of fused-ring (bicyclic) bond motifs is 1. The molecule has 2 aromatic carbocycles. The largest absolute Gasteiger partial charge is 0.573 e. The van der Waals surface area contributed by atoms with E-state index in [1.807, 2.05) is 28.8 Å². The van der Waals surface area contributed by atoms with Gasteiger partial charge in [0, 0.05) is 18.7 Å². The number of nitrogens with zero attached hydrogens (tertiary/aromatic N) is 1. The minimum Gasteiger partial charge on any atom is -0.406 e. The molecule has 1 unspecified atom stereocenters. The van der Waals surface area contributed by atoms with Crippen molar-refractivity contribution >= 4 is 5.91 Å². The van der Waals surface area contributed by atoms with Gasteiger partial charge in [-0.25, -0.2) is 0 Å². The van der Waals surface area contributed by atoms with Gasteiger partial charge in [-0.1, -0.05) is 50.2 Å². The summed E-state index contributed by atoms with van der Waals surface area (Å²) >= 11 is 0. The topological polar surface area (TPSA) is 69.3 Å². The van der Waals surface area contributed by atoms with Crippen LogP contribution < -0.4 is 15.8 Å². The molecule has 2 heterocycles. The van der Waals surface area contributed by atoms with Gasteiger partial charge >= 0.3 is 6.36 Å². The van der Waals surface area contributed by atoms with Crippen LogP contribution in [0.1, 0.15) is 42.4 Å². The van der Waals surface area contributed by atoms with Crippen molar-refractivity contribution in [2.24, 2.45) is 11.7 Å². The Morgan fingerprint density at radius 2 is 1.85 bits per heavy atom. The number of carbonyl (C=O) groups excluding carboxylic acids is 1. The predicted molar refractivity (Wildman–Crippen MR) is 121 cm³/mol. The summed E-state index contributed by atoms with van der Waals surface area (Å²) in [7, 11) is 0. The number of ether oxygens (including phenoxy) is 1. The third-order valence-corrected chi connectivity index (χ3v) is 5.72. The van der Waals surface area contributed by atoms with Crippen molar-refractivity contribution in [3.05, 3.63) is 65.9 Å². The molecule has 4 rings (SSSR count). The van der Waals surface area contributed by atoms with Crippen LogP contribution in [0.2, 0.25) is 0 Å². The van der Waals surface area contributed by atoms with Crippen molar-refractivity contribution in [1.29, 1.82) is 0 Å². The Morgan fingerprint density at radius 1 is 1.12 bits per heavy atom. The third-order valence-electron chi connectivity index (χ3n) is 5.72. The average Bonchev–Trinajstić information content (AvgIpc) is 3.16. The summed E-state index contributed by atoms with van der Waals surface area (Å²) in [5, 5.41) is 2.95. The van der Waals surface area contributed by atoms with Crippen LogP contribution in [0.5, 0.6) is 5.75 Å². The van der Waals surface area contributed by atoms with E-state index < -0.39 is 6.36 Å². The maximum Gasteiger partial charge on any atom is 0.573 e. The quantitative estimate of drug-likeness (QED) is 0.513. The molecule has 1 aliphatic heterocycles. The normalized spacial score (nSPS) is 16.0. The number of hydrogen-bond acceptors (Lipinski definition) is 3. The van der Waals surface area contributed by atoms with E-state index in [-0.39, 0.29) is 17.7 Å². The van der Waals surface area contributed by atoms with Gasteiger partial charge in [0.05, 0.1) is 11.7 Å². The van der Waals surface area contributed by atoms with Gasteiger partial charge in [0.1, 0.15) is 11.4 Å². The Kier molecular flexibility index (Phi) is 6.21. The maximum atomic E-state index is 12.8. The molecule has 33 heavy (non-hydrogen) atoms. The first-order valence-corrected chi connectivity index (χ1v) is 10.8. The molecular formula is C25H26F3N3O2. The summed E-state index contributed by atoms with van der Waals surface area (Å²) in [6, 6.07) is 15.3. The number of amides is 1. The third kappa shape index (κ3) is 4.90. The van der Waals surface area contributed by atoms with Gasteiger partial charge < -0.3 is 20.4 Å². The van der Waals surface area contributed by atoms with Gasteiger partial charge in [0.15, 0.2) is 0 Å². The molecule has 8 heteroatoms. The van der Waals surface area contributed by atoms with E-state index in [2.05, 4.69) is 23.9 Å². The minimum absolute atomic E-state index is 0.0187. The number of nitrogens with one attached hydrogen (secondary N) is 1.